The molecule has 1 aliphatic rings. The van der Waals surface area contributed by atoms with E-state index in [2.05, 4.69) is 41.4 Å². The summed E-state index contributed by atoms with van der Waals surface area (Å²) >= 11 is 2.06. The number of aromatic nitrogens is 1. The highest BCUT2D eigenvalue weighted by Gasteiger charge is 2.17. The van der Waals surface area contributed by atoms with E-state index in [4.69, 9.17) is 9.52 Å². The van der Waals surface area contributed by atoms with Crippen LogP contribution in [0.15, 0.2) is 9.52 Å². The Bertz CT molecular complexity index is 481. The maximum absolute atomic E-state index is 5.25. The minimum absolute atomic E-state index is 0. The van der Waals surface area contributed by atoms with Gasteiger partial charge in [-0.15, -0.1) is 24.0 Å². The van der Waals surface area contributed by atoms with E-state index in [-0.39, 0.29) is 24.0 Å². The number of nitrogens with one attached hydrogen (secondary N) is 2. The summed E-state index contributed by atoms with van der Waals surface area (Å²) in [4.78, 5) is 4.73. The summed E-state index contributed by atoms with van der Waals surface area (Å²) in [6.45, 7) is 10.8. The zero-order chi connectivity index (χ0) is 15.9. The first kappa shape index (κ1) is 20.6. The van der Waals surface area contributed by atoms with Gasteiger partial charge in [0.05, 0.1) is 5.69 Å². The number of nitrogens with zero attached hydrogens (tertiary/aromatic N) is 2. The third-order valence-corrected chi connectivity index (χ3v) is 5.37. The maximum atomic E-state index is 5.25. The van der Waals surface area contributed by atoms with E-state index < -0.39 is 0 Å². The number of hydrogen-bond donors (Lipinski definition) is 2. The van der Waals surface area contributed by atoms with Gasteiger partial charge in [0.2, 0.25) is 0 Å². The van der Waals surface area contributed by atoms with Gasteiger partial charge in [-0.1, -0.05) is 12.1 Å². The second-order valence-corrected chi connectivity index (χ2v) is 7.28. The second kappa shape index (κ2) is 10.4. The van der Waals surface area contributed by atoms with Crippen LogP contribution in [0, 0.1) is 13.8 Å². The fourth-order valence-electron chi connectivity index (χ4n) is 2.87. The van der Waals surface area contributed by atoms with Gasteiger partial charge in [-0.05, 0) is 39.4 Å². The number of aryl methyl sites for hydroxylation is 2. The molecule has 2 unspecified atom stereocenters. The molecule has 5 nitrogen and oxygen atoms in total. The highest BCUT2D eigenvalue weighted by atomic mass is 127. The molecule has 0 radical (unpaired) electrons. The standard InChI is InChI=1S/C16H28N4OS.HI/c1-5-17-16(19-10-14-7-6-8-22-14)18-9-11(2)15-12(3)20-21-13(15)4;/h11,14H,5-10H2,1-4H3,(H2,17,18,19);1H. The molecular weight excluding hydrogens is 423 g/mol. The summed E-state index contributed by atoms with van der Waals surface area (Å²) in [5.41, 5.74) is 2.16. The molecule has 23 heavy (non-hydrogen) atoms. The van der Waals surface area contributed by atoms with Gasteiger partial charge in [0.15, 0.2) is 5.96 Å². The molecule has 2 atom stereocenters. The number of guanidine groups is 1. The number of rotatable bonds is 6. The Morgan fingerprint density at radius 3 is 2.78 bits per heavy atom. The van der Waals surface area contributed by atoms with Gasteiger partial charge in [-0.2, -0.15) is 11.8 Å². The lowest BCUT2D eigenvalue weighted by Gasteiger charge is -2.15. The Kier molecular flexibility index (Phi) is 9.34. The lowest BCUT2D eigenvalue weighted by Crippen LogP contribution is -2.40. The van der Waals surface area contributed by atoms with Crippen molar-refractivity contribution in [2.45, 2.75) is 51.7 Å². The molecule has 1 aromatic heterocycles. The molecule has 2 rings (SSSR count). The first-order chi connectivity index (χ1) is 10.6. The second-order valence-electron chi connectivity index (χ2n) is 5.87. The van der Waals surface area contributed by atoms with Crippen LogP contribution < -0.4 is 10.6 Å². The van der Waals surface area contributed by atoms with Crippen molar-refractivity contribution in [3.63, 3.8) is 0 Å². The average Bonchev–Trinajstić information content (AvgIpc) is 3.12. The fourth-order valence-corrected chi connectivity index (χ4v) is 4.07. The molecule has 1 fully saturated rings. The lowest BCUT2D eigenvalue weighted by atomic mass is 10.00. The van der Waals surface area contributed by atoms with Gasteiger partial charge in [0.25, 0.3) is 0 Å². The van der Waals surface area contributed by atoms with Crippen molar-refractivity contribution < 1.29 is 4.52 Å². The van der Waals surface area contributed by atoms with Crippen molar-refractivity contribution in [2.75, 3.05) is 25.4 Å². The van der Waals surface area contributed by atoms with Gasteiger partial charge in [-0.3, -0.25) is 4.99 Å². The highest BCUT2D eigenvalue weighted by Crippen LogP contribution is 2.25. The molecule has 2 N–H and O–H groups in total. The summed E-state index contributed by atoms with van der Waals surface area (Å²) < 4.78 is 5.25. The average molecular weight is 452 g/mol. The Balaban J connectivity index is 0.00000264. The number of aliphatic imine (C=N–C) groups is 1. The Morgan fingerprint density at radius 1 is 1.43 bits per heavy atom. The van der Waals surface area contributed by atoms with Gasteiger partial charge in [0.1, 0.15) is 5.76 Å². The quantitative estimate of drug-likeness (QED) is 0.393. The molecule has 0 saturated carbocycles. The highest BCUT2D eigenvalue weighted by molar-refractivity contribution is 14.0. The van der Waals surface area contributed by atoms with Crippen molar-refractivity contribution >= 4 is 41.7 Å². The molecular formula is C16H29IN4OS. The number of halogens is 1. The number of thioether (sulfide) groups is 1. The van der Waals surface area contributed by atoms with Crippen LogP contribution >= 0.6 is 35.7 Å². The van der Waals surface area contributed by atoms with Crippen LogP contribution in [-0.4, -0.2) is 41.8 Å². The first-order valence-corrected chi connectivity index (χ1v) is 9.23. The zero-order valence-electron chi connectivity index (χ0n) is 14.5. The molecule has 0 amide bonds. The zero-order valence-corrected chi connectivity index (χ0v) is 17.7. The predicted molar refractivity (Wildman–Crippen MR) is 109 cm³/mol. The van der Waals surface area contributed by atoms with E-state index in [1.54, 1.807) is 0 Å². The summed E-state index contributed by atoms with van der Waals surface area (Å²) in [7, 11) is 0. The maximum Gasteiger partial charge on any atom is 0.191 e. The Hall–Kier alpha value is -0.440. The van der Waals surface area contributed by atoms with E-state index in [9.17, 15) is 0 Å². The molecule has 1 saturated heterocycles. The van der Waals surface area contributed by atoms with E-state index in [1.165, 1.54) is 24.2 Å². The van der Waals surface area contributed by atoms with Crippen LogP contribution in [0.4, 0.5) is 0 Å². The minimum Gasteiger partial charge on any atom is -0.361 e. The normalized spacial score (nSPS) is 19.3. The Morgan fingerprint density at radius 2 is 2.22 bits per heavy atom. The van der Waals surface area contributed by atoms with Crippen molar-refractivity contribution in [2.24, 2.45) is 4.99 Å². The minimum atomic E-state index is 0. The van der Waals surface area contributed by atoms with Crippen LogP contribution in [0.25, 0.3) is 0 Å². The predicted octanol–water partition coefficient (Wildman–Crippen LogP) is 3.46. The van der Waals surface area contributed by atoms with Crippen LogP contribution in [0.3, 0.4) is 0 Å². The van der Waals surface area contributed by atoms with Crippen LogP contribution in [0.2, 0.25) is 0 Å². The van der Waals surface area contributed by atoms with E-state index in [0.29, 0.717) is 5.92 Å². The van der Waals surface area contributed by atoms with E-state index in [0.717, 1.165) is 42.3 Å². The summed E-state index contributed by atoms with van der Waals surface area (Å²) in [5, 5.41) is 11.6. The summed E-state index contributed by atoms with van der Waals surface area (Å²) in [6.07, 6.45) is 2.65. The van der Waals surface area contributed by atoms with Crippen molar-refractivity contribution in [3.05, 3.63) is 17.0 Å². The van der Waals surface area contributed by atoms with E-state index in [1.807, 2.05) is 13.8 Å². The van der Waals surface area contributed by atoms with Gasteiger partial charge in [0, 0.05) is 36.4 Å². The van der Waals surface area contributed by atoms with Crippen LogP contribution in [-0.2, 0) is 0 Å². The molecule has 2 heterocycles. The van der Waals surface area contributed by atoms with Gasteiger partial charge >= 0.3 is 0 Å². The SMILES string of the molecule is CCNC(=NCC(C)c1c(C)noc1C)NCC1CCCS1.I. The third-order valence-electron chi connectivity index (χ3n) is 3.97. The fraction of sp³-hybridized carbons (Fsp3) is 0.750. The van der Waals surface area contributed by atoms with Gasteiger partial charge < -0.3 is 15.2 Å². The number of hydrogen-bond acceptors (Lipinski definition) is 4. The molecule has 132 valence electrons. The smallest absolute Gasteiger partial charge is 0.191 e. The van der Waals surface area contributed by atoms with Crippen molar-refractivity contribution in [3.8, 4) is 0 Å². The summed E-state index contributed by atoms with van der Waals surface area (Å²) in [5.74, 6) is 3.42. The monoisotopic (exact) mass is 452 g/mol. The third kappa shape index (κ3) is 6.17. The lowest BCUT2D eigenvalue weighted by molar-refractivity contribution is 0.391. The molecule has 0 spiro atoms. The van der Waals surface area contributed by atoms with E-state index >= 15 is 0 Å². The Labute approximate surface area is 160 Å². The molecule has 0 aliphatic carbocycles. The molecule has 1 aliphatic heterocycles. The molecule has 7 heteroatoms. The summed E-state index contributed by atoms with van der Waals surface area (Å²) in [6, 6.07) is 0. The molecule has 0 bridgehead atoms. The van der Waals surface area contributed by atoms with Crippen molar-refractivity contribution in [1.82, 2.24) is 15.8 Å². The van der Waals surface area contributed by atoms with Crippen LogP contribution in [0.5, 0.6) is 0 Å². The molecule has 0 aromatic carbocycles. The largest absolute Gasteiger partial charge is 0.361 e. The molecule has 1 aromatic rings. The van der Waals surface area contributed by atoms with Crippen LogP contribution in [0.1, 0.15) is 49.6 Å². The van der Waals surface area contributed by atoms with Gasteiger partial charge in [-0.25, -0.2) is 0 Å². The topological polar surface area (TPSA) is 62.5 Å². The van der Waals surface area contributed by atoms with Crippen molar-refractivity contribution in [1.29, 1.82) is 0 Å². The first-order valence-electron chi connectivity index (χ1n) is 8.18.